The van der Waals surface area contributed by atoms with Gasteiger partial charge in [0, 0.05) is 36.4 Å². The molecule has 3 aromatic rings. The molecule has 0 aliphatic heterocycles. The zero-order valence-electron chi connectivity index (χ0n) is 16.5. The Labute approximate surface area is 170 Å². The summed E-state index contributed by atoms with van der Waals surface area (Å²) < 4.78 is 2.35. The van der Waals surface area contributed by atoms with Gasteiger partial charge >= 0.3 is 5.69 Å². The highest BCUT2D eigenvalue weighted by Crippen LogP contribution is 2.27. The number of carbonyl (C=O) groups is 2. The van der Waals surface area contributed by atoms with E-state index in [2.05, 4.69) is 10.3 Å². The standard InChI is InChI=1S/C20H20N4O4S/c1-11-9-21-18-16(19(27)24(4)20(28)23(18)3)17(11)29-10-15(26)22-14-7-5-13(6-8-14)12(2)25/h5-9H,10H2,1-4H3,(H,22,26). The van der Waals surface area contributed by atoms with Crippen LogP contribution in [0.15, 0.2) is 44.9 Å². The SMILES string of the molecule is CC(=O)c1ccc(NC(=O)CSc2c(C)cnc3c2c(=O)n(C)c(=O)n3C)cc1. The average molecular weight is 412 g/mol. The van der Waals surface area contributed by atoms with Crippen LogP contribution in [-0.4, -0.2) is 31.6 Å². The number of thioether (sulfide) groups is 1. The third-order valence-corrected chi connectivity index (χ3v) is 5.74. The molecule has 3 rings (SSSR count). The number of nitrogens with one attached hydrogen (secondary N) is 1. The Morgan fingerprint density at radius 1 is 1.10 bits per heavy atom. The first-order valence-corrected chi connectivity index (χ1v) is 9.78. The summed E-state index contributed by atoms with van der Waals surface area (Å²) in [5, 5.41) is 3.08. The lowest BCUT2D eigenvalue weighted by atomic mass is 10.1. The number of hydrogen-bond acceptors (Lipinski definition) is 6. The Kier molecular flexibility index (Phi) is 5.69. The Bertz CT molecular complexity index is 1240. The van der Waals surface area contributed by atoms with Crippen LogP contribution in [0.3, 0.4) is 0 Å². The minimum atomic E-state index is -0.457. The van der Waals surface area contributed by atoms with E-state index < -0.39 is 11.2 Å². The molecule has 8 nitrogen and oxygen atoms in total. The smallest absolute Gasteiger partial charge is 0.325 e. The van der Waals surface area contributed by atoms with Crippen molar-refractivity contribution in [2.45, 2.75) is 18.7 Å². The summed E-state index contributed by atoms with van der Waals surface area (Å²) in [4.78, 5) is 53.3. The van der Waals surface area contributed by atoms with Gasteiger partial charge in [0.05, 0.1) is 11.1 Å². The third kappa shape index (κ3) is 4.00. The highest BCUT2D eigenvalue weighted by molar-refractivity contribution is 8.00. The van der Waals surface area contributed by atoms with Gasteiger partial charge in [0.1, 0.15) is 5.65 Å². The van der Waals surface area contributed by atoms with Gasteiger partial charge in [-0.1, -0.05) is 0 Å². The van der Waals surface area contributed by atoms with E-state index in [1.54, 1.807) is 44.4 Å². The fraction of sp³-hybridized carbons (Fsp3) is 0.250. The predicted molar refractivity (Wildman–Crippen MR) is 113 cm³/mol. The summed E-state index contributed by atoms with van der Waals surface area (Å²) in [6.45, 7) is 3.28. The number of fused-ring (bicyclic) bond motifs is 1. The fourth-order valence-corrected chi connectivity index (χ4v) is 3.86. The van der Waals surface area contributed by atoms with Crippen molar-refractivity contribution in [1.29, 1.82) is 0 Å². The zero-order valence-corrected chi connectivity index (χ0v) is 17.3. The lowest BCUT2D eigenvalue weighted by Crippen LogP contribution is -2.37. The number of carbonyl (C=O) groups excluding carboxylic acids is 2. The van der Waals surface area contributed by atoms with Gasteiger partial charge in [-0.25, -0.2) is 9.78 Å². The van der Waals surface area contributed by atoms with Crippen molar-refractivity contribution in [3.05, 3.63) is 62.4 Å². The van der Waals surface area contributed by atoms with Gasteiger partial charge in [0.15, 0.2) is 5.78 Å². The summed E-state index contributed by atoms with van der Waals surface area (Å²) in [5.74, 6) is -0.230. The van der Waals surface area contributed by atoms with E-state index in [1.165, 1.54) is 30.3 Å². The zero-order chi connectivity index (χ0) is 21.3. The monoisotopic (exact) mass is 412 g/mol. The number of rotatable bonds is 5. The topological polar surface area (TPSA) is 103 Å². The van der Waals surface area contributed by atoms with Crippen molar-refractivity contribution >= 4 is 40.2 Å². The van der Waals surface area contributed by atoms with Crippen molar-refractivity contribution in [2.75, 3.05) is 11.1 Å². The van der Waals surface area contributed by atoms with E-state index in [4.69, 9.17) is 0 Å². The summed E-state index contributed by atoms with van der Waals surface area (Å²) >= 11 is 1.21. The van der Waals surface area contributed by atoms with Gasteiger partial charge in [-0.05, 0) is 43.7 Å². The number of anilines is 1. The Morgan fingerprint density at radius 3 is 2.38 bits per heavy atom. The number of aromatic nitrogens is 3. The van der Waals surface area contributed by atoms with Crippen LogP contribution < -0.4 is 16.6 Å². The molecule has 150 valence electrons. The van der Waals surface area contributed by atoms with Crippen LogP contribution in [0.5, 0.6) is 0 Å². The summed E-state index contributed by atoms with van der Waals surface area (Å²) in [7, 11) is 2.97. The molecule has 2 aromatic heterocycles. The number of aryl methyl sites for hydroxylation is 2. The fourth-order valence-electron chi connectivity index (χ4n) is 2.91. The summed E-state index contributed by atoms with van der Waals surface area (Å²) in [6.07, 6.45) is 1.59. The molecule has 0 radical (unpaired) electrons. The molecule has 0 bridgehead atoms. The molecule has 0 saturated carbocycles. The van der Waals surface area contributed by atoms with Gasteiger partial charge in [-0.3, -0.25) is 23.5 Å². The number of Topliss-reactive ketones (excluding diaryl/α,β-unsaturated/α-hetero) is 1. The van der Waals surface area contributed by atoms with Crippen molar-refractivity contribution in [3.8, 4) is 0 Å². The van der Waals surface area contributed by atoms with Gasteiger partial charge in [0.2, 0.25) is 5.91 Å². The third-order valence-electron chi connectivity index (χ3n) is 4.52. The first-order chi connectivity index (χ1) is 13.7. The maximum Gasteiger partial charge on any atom is 0.332 e. The second-order valence-electron chi connectivity index (χ2n) is 6.65. The van der Waals surface area contributed by atoms with Crippen LogP contribution in [0.1, 0.15) is 22.8 Å². The molecular weight excluding hydrogens is 392 g/mol. The van der Waals surface area contributed by atoms with Gasteiger partial charge < -0.3 is 5.32 Å². The second kappa shape index (κ2) is 8.04. The molecule has 1 aromatic carbocycles. The van der Waals surface area contributed by atoms with Crippen molar-refractivity contribution in [3.63, 3.8) is 0 Å². The molecule has 0 fully saturated rings. The van der Waals surface area contributed by atoms with Crippen LogP contribution in [-0.2, 0) is 18.9 Å². The van der Waals surface area contributed by atoms with Crippen molar-refractivity contribution < 1.29 is 9.59 Å². The minimum Gasteiger partial charge on any atom is -0.325 e. The molecule has 0 saturated heterocycles. The van der Waals surface area contributed by atoms with E-state index in [0.29, 0.717) is 21.5 Å². The molecular formula is C20H20N4O4S. The van der Waals surface area contributed by atoms with Crippen molar-refractivity contribution in [1.82, 2.24) is 14.1 Å². The first-order valence-electron chi connectivity index (χ1n) is 8.79. The molecule has 2 heterocycles. The van der Waals surface area contributed by atoms with E-state index in [9.17, 15) is 19.2 Å². The number of hydrogen-bond donors (Lipinski definition) is 1. The normalized spacial score (nSPS) is 10.9. The molecule has 0 unspecified atom stereocenters. The molecule has 9 heteroatoms. The molecule has 0 atom stereocenters. The van der Waals surface area contributed by atoms with E-state index in [1.807, 2.05) is 0 Å². The molecule has 0 aliphatic carbocycles. The first kappa shape index (κ1) is 20.5. The summed E-state index contributed by atoms with van der Waals surface area (Å²) in [5.41, 5.74) is 1.28. The number of nitrogens with zero attached hydrogens (tertiary/aromatic N) is 3. The maximum atomic E-state index is 12.7. The lowest BCUT2D eigenvalue weighted by molar-refractivity contribution is -0.113. The minimum absolute atomic E-state index is 0.0468. The quantitative estimate of drug-likeness (QED) is 0.507. The Balaban J connectivity index is 1.86. The van der Waals surface area contributed by atoms with Crippen LogP contribution in [0.2, 0.25) is 0 Å². The van der Waals surface area contributed by atoms with Crippen LogP contribution in [0.25, 0.3) is 11.0 Å². The predicted octanol–water partition coefficient (Wildman–Crippen LogP) is 1.87. The van der Waals surface area contributed by atoms with E-state index >= 15 is 0 Å². The highest BCUT2D eigenvalue weighted by atomic mass is 32.2. The second-order valence-corrected chi connectivity index (χ2v) is 7.63. The van der Waals surface area contributed by atoms with E-state index in [0.717, 1.165) is 10.1 Å². The maximum absolute atomic E-state index is 12.7. The van der Waals surface area contributed by atoms with Crippen LogP contribution in [0, 0.1) is 6.92 Å². The highest BCUT2D eigenvalue weighted by Gasteiger charge is 2.17. The number of benzene rings is 1. The number of ketones is 1. The Morgan fingerprint density at radius 2 is 1.76 bits per heavy atom. The lowest BCUT2D eigenvalue weighted by Gasteiger charge is -2.12. The molecule has 29 heavy (non-hydrogen) atoms. The summed E-state index contributed by atoms with van der Waals surface area (Å²) in [6, 6.07) is 6.63. The molecule has 1 amide bonds. The number of amides is 1. The average Bonchev–Trinajstić information content (AvgIpc) is 2.69. The van der Waals surface area contributed by atoms with Crippen LogP contribution in [0.4, 0.5) is 5.69 Å². The largest absolute Gasteiger partial charge is 0.332 e. The van der Waals surface area contributed by atoms with E-state index in [-0.39, 0.29) is 23.1 Å². The molecule has 1 N–H and O–H groups in total. The molecule has 0 spiro atoms. The van der Waals surface area contributed by atoms with Crippen molar-refractivity contribution in [2.24, 2.45) is 14.1 Å². The Hall–Kier alpha value is -3.20. The van der Waals surface area contributed by atoms with Gasteiger partial charge in [0.25, 0.3) is 5.56 Å². The molecule has 0 aliphatic rings. The van der Waals surface area contributed by atoms with Gasteiger partial charge in [-0.2, -0.15) is 0 Å². The van der Waals surface area contributed by atoms with Gasteiger partial charge in [-0.15, -0.1) is 11.8 Å². The number of pyridine rings is 1. The van der Waals surface area contributed by atoms with Crippen LogP contribution >= 0.6 is 11.8 Å².